The molecule has 11 nitrogen and oxygen atoms in total. The number of nitrogens with one attached hydrogen (secondary N) is 2. The third-order valence-electron chi connectivity index (χ3n) is 5.46. The Bertz CT molecular complexity index is 1010. The van der Waals surface area contributed by atoms with Crippen LogP contribution in [-0.4, -0.2) is 76.6 Å². The molecule has 0 saturated carbocycles. The molecule has 0 radical (unpaired) electrons. The van der Waals surface area contributed by atoms with Crippen molar-refractivity contribution in [3.8, 4) is 5.69 Å². The number of nitrogens with two attached hydrogens (primary N) is 2. The molecule has 11 heteroatoms. The fourth-order valence-corrected chi connectivity index (χ4v) is 3.60. The summed E-state index contributed by atoms with van der Waals surface area (Å²) in [7, 11) is 0. The number of carbonyl (C=O) groups excluding carboxylic acids is 2. The monoisotopic (exact) mass is 426 g/mol. The number of urea groups is 1. The van der Waals surface area contributed by atoms with Gasteiger partial charge in [-0.15, -0.1) is 0 Å². The van der Waals surface area contributed by atoms with Gasteiger partial charge in [0.1, 0.15) is 11.9 Å². The normalized spacial score (nSPS) is 17.7. The van der Waals surface area contributed by atoms with Crippen LogP contribution < -0.4 is 27.8 Å². The predicted molar refractivity (Wildman–Crippen MR) is 115 cm³/mol. The third kappa shape index (κ3) is 4.58. The average Bonchev–Trinajstić information content (AvgIpc) is 2.77. The molecule has 0 spiro atoms. The molecule has 1 aromatic heterocycles. The molecule has 1 aromatic carbocycles. The highest BCUT2D eigenvalue weighted by Gasteiger charge is 2.31. The number of benzene rings is 1. The number of piperazine rings is 1. The summed E-state index contributed by atoms with van der Waals surface area (Å²) in [4.78, 5) is 44.4. The molecule has 31 heavy (non-hydrogen) atoms. The Balaban J connectivity index is 1.42. The minimum atomic E-state index is -0.779. The Kier molecular flexibility index (Phi) is 5.98. The standard InChI is InChI=1S/C20H26N8O3/c21-14-11-27(12-14)18(29)17(22)13-1-3-15(4-2-13)28-8-5-16(25-20(28)31)24-19(30)26-9-6-23-7-10-26/h1-5,8,14,17,23H,6-7,9-12,21-22H2,(H,24,25,30,31). The van der Waals surface area contributed by atoms with Crippen LogP contribution in [0.4, 0.5) is 10.6 Å². The van der Waals surface area contributed by atoms with E-state index in [1.165, 1.54) is 4.57 Å². The molecular formula is C20H26N8O3. The molecule has 6 N–H and O–H groups in total. The molecule has 4 rings (SSSR count). The number of hydrogen-bond acceptors (Lipinski definition) is 7. The number of anilines is 1. The van der Waals surface area contributed by atoms with Crippen LogP contribution in [0.5, 0.6) is 0 Å². The van der Waals surface area contributed by atoms with E-state index in [4.69, 9.17) is 11.5 Å². The second kappa shape index (κ2) is 8.84. The topological polar surface area (TPSA) is 152 Å². The molecule has 3 heterocycles. The van der Waals surface area contributed by atoms with Gasteiger partial charge in [-0.25, -0.2) is 9.59 Å². The summed E-state index contributed by atoms with van der Waals surface area (Å²) >= 11 is 0. The molecule has 0 aliphatic carbocycles. The van der Waals surface area contributed by atoms with Crippen LogP contribution in [0.2, 0.25) is 0 Å². The largest absolute Gasteiger partial charge is 0.354 e. The van der Waals surface area contributed by atoms with Crippen LogP contribution >= 0.6 is 0 Å². The van der Waals surface area contributed by atoms with Crippen molar-refractivity contribution < 1.29 is 9.59 Å². The fraction of sp³-hybridized carbons (Fsp3) is 0.400. The molecule has 2 aliphatic rings. The number of nitrogens with zero attached hydrogens (tertiary/aromatic N) is 4. The first kappa shape index (κ1) is 21.0. The molecule has 0 bridgehead atoms. The van der Waals surface area contributed by atoms with Crippen molar-refractivity contribution in [2.75, 3.05) is 44.6 Å². The number of amides is 3. The number of hydrogen-bond donors (Lipinski definition) is 4. The van der Waals surface area contributed by atoms with Crippen molar-refractivity contribution >= 4 is 17.8 Å². The first-order chi connectivity index (χ1) is 14.9. The van der Waals surface area contributed by atoms with Crippen molar-refractivity contribution in [1.29, 1.82) is 0 Å². The van der Waals surface area contributed by atoms with E-state index < -0.39 is 11.7 Å². The Morgan fingerprint density at radius 1 is 1.10 bits per heavy atom. The van der Waals surface area contributed by atoms with Gasteiger partial charge in [0.2, 0.25) is 5.91 Å². The lowest BCUT2D eigenvalue weighted by Crippen LogP contribution is -2.59. The van der Waals surface area contributed by atoms with Crippen LogP contribution in [0.25, 0.3) is 5.69 Å². The van der Waals surface area contributed by atoms with Crippen LogP contribution in [0.15, 0.2) is 41.3 Å². The number of carbonyl (C=O) groups is 2. The maximum atomic E-state index is 12.5. The van der Waals surface area contributed by atoms with Crippen LogP contribution in [0.1, 0.15) is 11.6 Å². The number of rotatable bonds is 4. The highest BCUT2D eigenvalue weighted by molar-refractivity contribution is 5.88. The third-order valence-corrected chi connectivity index (χ3v) is 5.46. The lowest BCUT2D eigenvalue weighted by Gasteiger charge is -2.38. The van der Waals surface area contributed by atoms with E-state index in [1.807, 2.05) is 0 Å². The first-order valence-electron chi connectivity index (χ1n) is 10.2. The summed E-state index contributed by atoms with van der Waals surface area (Å²) in [5, 5.41) is 5.83. The Hall–Kier alpha value is -3.28. The van der Waals surface area contributed by atoms with Crippen molar-refractivity contribution in [2.24, 2.45) is 11.5 Å². The second-order valence-corrected chi connectivity index (χ2v) is 7.71. The van der Waals surface area contributed by atoms with Gasteiger partial charge in [-0.1, -0.05) is 12.1 Å². The summed E-state index contributed by atoms with van der Waals surface area (Å²) in [6.45, 7) is 3.71. The van der Waals surface area contributed by atoms with Crippen LogP contribution in [0.3, 0.4) is 0 Å². The van der Waals surface area contributed by atoms with Gasteiger partial charge in [-0.2, -0.15) is 4.98 Å². The summed E-state index contributed by atoms with van der Waals surface area (Å²) in [6, 6.07) is 7.35. The zero-order chi connectivity index (χ0) is 22.0. The van der Waals surface area contributed by atoms with E-state index in [0.717, 1.165) is 13.1 Å². The predicted octanol–water partition coefficient (Wildman–Crippen LogP) is -1.16. The Morgan fingerprint density at radius 2 is 1.77 bits per heavy atom. The smallest absolute Gasteiger partial charge is 0.338 e. The summed E-state index contributed by atoms with van der Waals surface area (Å²) < 4.78 is 1.35. The summed E-state index contributed by atoms with van der Waals surface area (Å²) in [5.41, 5.74) is 12.5. The first-order valence-corrected chi connectivity index (χ1v) is 10.2. The van der Waals surface area contributed by atoms with Gasteiger partial charge >= 0.3 is 11.7 Å². The summed E-state index contributed by atoms with van der Waals surface area (Å²) in [5.74, 6) is 0.0274. The molecule has 1 atom stereocenters. The zero-order valence-corrected chi connectivity index (χ0v) is 17.0. The highest BCUT2D eigenvalue weighted by Crippen LogP contribution is 2.18. The van der Waals surface area contributed by atoms with E-state index in [2.05, 4.69) is 15.6 Å². The quantitative estimate of drug-likeness (QED) is 0.481. The van der Waals surface area contributed by atoms with E-state index >= 15 is 0 Å². The van der Waals surface area contributed by atoms with Crippen LogP contribution in [-0.2, 0) is 4.79 Å². The van der Waals surface area contributed by atoms with Gasteiger partial charge in [0, 0.05) is 51.5 Å². The second-order valence-electron chi connectivity index (χ2n) is 7.71. The molecule has 3 amide bonds. The lowest BCUT2D eigenvalue weighted by atomic mass is 10.0. The van der Waals surface area contributed by atoms with E-state index in [9.17, 15) is 14.4 Å². The average molecular weight is 426 g/mol. The molecule has 2 fully saturated rings. The number of likely N-dealkylation sites (tertiary alicyclic amines) is 1. The zero-order valence-electron chi connectivity index (χ0n) is 17.0. The Morgan fingerprint density at radius 3 is 2.39 bits per heavy atom. The lowest BCUT2D eigenvalue weighted by molar-refractivity contribution is -0.137. The molecular weight excluding hydrogens is 400 g/mol. The van der Waals surface area contributed by atoms with Gasteiger partial charge in [-0.05, 0) is 23.8 Å². The van der Waals surface area contributed by atoms with Crippen LogP contribution in [0, 0.1) is 0 Å². The van der Waals surface area contributed by atoms with Gasteiger partial charge in [0.15, 0.2) is 0 Å². The van der Waals surface area contributed by atoms with E-state index in [0.29, 0.717) is 37.4 Å². The fourth-order valence-electron chi connectivity index (χ4n) is 3.60. The molecule has 2 aliphatic heterocycles. The van der Waals surface area contributed by atoms with Gasteiger partial charge in [0.25, 0.3) is 0 Å². The van der Waals surface area contributed by atoms with Gasteiger partial charge in [-0.3, -0.25) is 14.7 Å². The van der Waals surface area contributed by atoms with Crippen molar-refractivity contribution in [2.45, 2.75) is 12.1 Å². The van der Waals surface area contributed by atoms with E-state index in [1.54, 1.807) is 46.3 Å². The van der Waals surface area contributed by atoms with Gasteiger partial charge < -0.3 is 26.6 Å². The van der Waals surface area contributed by atoms with Crippen molar-refractivity contribution in [1.82, 2.24) is 24.7 Å². The highest BCUT2D eigenvalue weighted by atomic mass is 16.2. The van der Waals surface area contributed by atoms with Crippen molar-refractivity contribution in [3.05, 3.63) is 52.6 Å². The SMILES string of the molecule is NC1CN(C(=O)C(N)c2ccc(-n3ccc(NC(=O)N4CCNCC4)nc3=O)cc2)C1. The maximum absolute atomic E-state index is 12.5. The van der Waals surface area contributed by atoms with Gasteiger partial charge in [0.05, 0.1) is 5.69 Å². The van der Waals surface area contributed by atoms with Crippen molar-refractivity contribution in [3.63, 3.8) is 0 Å². The number of aromatic nitrogens is 2. The molecule has 2 aromatic rings. The molecule has 164 valence electrons. The minimum absolute atomic E-state index is 0.0162. The molecule has 2 saturated heterocycles. The van der Waals surface area contributed by atoms with E-state index in [-0.39, 0.29) is 23.8 Å². The Labute approximate surface area is 179 Å². The molecule has 1 unspecified atom stereocenters. The minimum Gasteiger partial charge on any atom is -0.338 e. The summed E-state index contributed by atoms with van der Waals surface area (Å²) in [6.07, 6.45) is 1.55. The maximum Gasteiger partial charge on any atom is 0.354 e.